The molecule has 4 heteroatoms. The maximum Gasteiger partial charge on any atom is -1.00 e. The van der Waals surface area contributed by atoms with Gasteiger partial charge in [0.25, 0.3) is 0 Å². The van der Waals surface area contributed by atoms with E-state index >= 15 is 0 Å². The molecule has 0 radical (unpaired) electrons. The van der Waals surface area contributed by atoms with Crippen LogP contribution in [0, 0.1) is 13.8 Å². The molecule has 0 saturated carbocycles. The molecule has 46 heavy (non-hydrogen) atoms. The molecular weight excluding hydrogens is 695 g/mol. The number of benzene rings is 4. The molecule has 0 heterocycles. The van der Waals surface area contributed by atoms with E-state index in [0.29, 0.717) is 19.1 Å². The third kappa shape index (κ3) is 6.07. The van der Waals surface area contributed by atoms with Gasteiger partial charge in [0.1, 0.15) is 0 Å². The van der Waals surface area contributed by atoms with E-state index < -0.39 is 25.8 Å². The molecule has 4 unspecified atom stereocenters. The van der Waals surface area contributed by atoms with Crippen molar-refractivity contribution in [3.8, 4) is 0 Å². The summed E-state index contributed by atoms with van der Waals surface area (Å²) < 4.78 is 1.29. The largest absolute Gasteiger partial charge is 1.00 e. The fourth-order valence-electron chi connectivity index (χ4n) is 8.41. The smallest absolute Gasteiger partial charge is 1.00 e. The van der Waals surface area contributed by atoms with Crippen LogP contribution in [0.2, 0.25) is 13.1 Å². The average molecular weight is 743 g/mol. The summed E-state index contributed by atoms with van der Waals surface area (Å²) >= 11 is -2.22. The number of hydrogen-bond donors (Lipinski definition) is 0. The Morgan fingerprint density at radius 1 is 0.522 bits per heavy atom. The van der Waals surface area contributed by atoms with Crippen LogP contribution in [0.5, 0.6) is 0 Å². The van der Waals surface area contributed by atoms with Crippen LogP contribution in [0.3, 0.4) is 0 Å². The van der Waals surface area contributed by atoms with E-state index in [4.69, 9.17) is 0 Å². The van der Waals surface area contributed by atoms with Crippen LogP contribution in [0.4, 0.5) is 0 Å². The third-order valence-corrected chi connectivity index (χ3v) is 30.8. The van der Waals surface area contributed by atoms with Gasteiger partial charge in [0, 0.05) is 0 Å². The van der Waals surface area contributed by atoms with Gasteiger partial charge in [-0.25, -0.2) is 0 Å². The monoisotopic (exact) mass is 740 g/mol. The van der Waals surface area contributed by atoms with Gasteiger partial charge in [-0.05, 0) is 0 Å². The minimum absolute atomic E-state index is 0. The predicted octanol–water partition coefficient (Wildman–Crippen LogP) is 5.88. The Balaban J connectivity index is 0.00000240. The minimum atomic E-state index is -2.22. The molecule has 2 aliphatic rings. The van der Waals surface area contributed by atoms with E-state index in [1.807, 2.05) is 0 Å². The number of aryl methyl sites for hydroxylation is 2. The van der Waals surface area contributed by atoms with Crippen molar-refractivity contribution in [3.63, 3.8) is 0 Å². The first kappa shape index (κ1) is 36.9. The molecule has 0 N–H and O–H groups in total. The molecular formula is C42H48Cl2SiZr. The van der Waals surface area contributed by atoms with Crippen molar-refractivity contribution >= 4 is 16.6 Å². The van der Waals surface area contributed by atoms with E-state index in [1.54, 1.807) is 44.5 Å². The Morgan fingerprint density at radius 3 is 1.20 bits per heavy atom. The van der Waals surface area contributed by atoms with Crippen LogP contribution in [-0.4, -0.2) is 5.43 Å². The van der Waals surface area contributed by atoms with Crippen LogP contribution in [-0.2, 0) is 20.4 Å². The topological polar surface area (TPSA) is 0 Å². The molecule has 4 aromatic carbocycles. The van der Waals surface area contributed by atoms with E-state index in [1.165, 1.54) is 33.4 Å². The SMILES string of the molecule is CC1=C(C)[CH]([Zr+2]([CH]2C(C)=C(C)c3c(C(C)c4ccccc4)ccc(C)c32)=[Si](C)C)c2c(C)ccc(C(C)c3ccccc3)c21.[Cl-].[Cl-]. The Hall–Kier alpha value is -1.96. The summed E-state index contributed by atoms with van der Waals surface area (Å²) in [7, 11) is 0. The molecule has 0 aliphatic heterocycles. The summed E-state index contributed by atoms with van der Waals surface area (Å²) in [6.07, 6.45) is 0. The molecule has 6 rings (SSSR count). The van der Waals surface area contributed by atoms with Crippen LogP contribution in [0.1, 0.15) is 116 Å². The van der Waals surface area contributed by atoms with E-state index in [2.05, 4.69) is 153 Å². The predicted molar refractivity (Wildman–Crippen MR) is 190 cm³/mol. The van der Waals surface area contributed by atoms with Gasteiger partial charge in [-0.15, -0.1) is 0 Å². The summed E-state index contributed by atoms with van der Waals surface area (Å²) in [5.41, 5.74) is 21.4. The molecule has 0 amide bonds. The van der Waals surface area contributed by atoms with Gasteiger partial charge < -0.3 is 24.8 Å². The fraction of sp³-hybridized carbons (Fsp3) is 0.333. The Kier molecular flexibility index (Phi) is 11.7. The summed E-state index contributed by atoms with van der Waals surface area (Å²) in [6.45, 7) is 24.8. The van der Waals surface area contributed by atoms with Crippen molar-refractivity contribution < 1.29 is 45.2 Å². The number of halogens is 2. The maximum atomic E-state index is 2.66. The molecule has 0 fully saturated rings. The Labute approximate surface area is 298 Å². The van der Waals surface area contributed by atoms with Crippen LogP contribution >= 0.6 is 0 Å². The van der Waals surface area contributed by atoms with Crippen LogP contribution < -0.4 is 24.8 Å². The van der Waals surface area contributed by atoms with Gasteiger partial charge in [-0.3, -0.25) is 0 Å². The standard InChI is InChI=1S/2C20H21.C2H6Si.2ClH.Zr/c2*1-13-10-11-18(16(4)17-8-6-5-7-9-17)20-15(3)14(2)12-19(13)20;1-3-2;;;/h2*5-12,16H,1-4H3;1-2H3;2*1H;/q;;;;;+2/p-2. The second-order valence-corrected chi connectivity index (χ2v) is 31.6. The molecule has 2 aliphatic carbocycles. The zero-order chi connectivity index (χ0) is 31.4. The number of fused-ring (bicyclic) bond motifs is 2. The van der Waals surface area contributed by atoms with Crippen molar-refractivity contribution in [3.05, 3.63) is 152 Å². The van der Waals surface area contributed by atoms with Gasteiger partial charge >= 0.3 is 276 Å². The second kappa shape index (κ2) is 14.7. The van der Waals surface area contributed by atoms with Gasteiger partial charge in [0.05, 0.1) is 0 Å². The van der Waals surface area contributed by atoms with Crippen molar-refractivity contribution in [1.29, 1.82) is 0 Å². The average Bonchev–Trinajstić information content (AvgIpc) is 3.44. The summed E-state index contributed by atoms with van der Waals surface area (Å²) in [4.78, 5) is 0. The van der Waals surface area contributed by atoms with E-state index in [9.17, 15) is 0 Å². The van der Waals surface area contributed by atoms with Gasteiger partial charge in [0.15, 0.2) is 0 Å². The van der Waals surface area contributed by atoms with Crippen molar-refractivity contribution in [2.45, 2.75) is 87.6 Å². The normalized spacial score (nSPS) is 17.8. The van der Waals surface area contributed by atoms with E-state index in [0.717, 1.165) is 0 Å². The van der Waals surface area contributed by atoms with Crippen molar-refractivity contribution in [2.75, 3.05) is 0 Å². The molecule has 0 spiro atoms. The number of rotatable bonds is 6. The molecule has 0 aromatic heterocycles. The first-order valence-electron chi connectivity index (χ1n) is 16.4. The van der Waals surface area contributed by atoms with E-state index in [-0.39, 0.29) is 24.8 Å². The third-order valence-electron chi connectivity index (χ3n) is 11.1. The van der Waals surface area contributed by atoms with Gasteiger partial charge in [-0.1, -0.05) is 0 Å². The molecule has 0 bridgehead atoms. The van der Waals surface area contributed by atoms with Gasteiger partial charge in [0.2, 0.25) is 0 Å². The summed E-state index contributed by atoms with van der Waals surface area (Å²) in [5, 5.41) is 0. The summed E-state index contributed by atoms with van der Waals surface area (Å²) in [5.74, 6) is 0.764. The summed E-state index contributed by atoms with van der Waals surface area (Å²) in [6, 6.07) is 32.0. The molecule has 0 saturated heterocycles. The number of hydrogen-bond acceptors (Lipinski definition) is 0. The Bertz CT molecular complexity index is 1730. The van der Waals surface area contributed by atoms with Gasteiger partial charge in [-0.2, -0.15) is 0 Å². The van der Waals surface area contributed by atoms with Crippen molar-refractivity contribution in [1.82, 2.24) is 0 Å². The van der Waals surface area contributed by atoms with Crippen LogP contribution in [0.25, 0.3) is 11.1 Å². The van der Waals surface area contributed by atoms with Crippen molar-refractivity contribution in [2.24, 2.45) is 0 Å². The maximum absolute atomic E-state index is 2.66. The molecule has 4 aromatic rings. The second-order valence-electron chi connectivity index (χ2n) is 13.7. The first-order valence-corrected chi connectivity index (χ1v) is 25.5. The Morgan fingerprint density at radius 2 is 0.870 bits per heavy atom. The van der Waals surface area contributed by atoms with Crippen LogP contribution in [0.15, 0.2) is 96.1 Å². The first-order chi connectivity index (χ1) is 21.0. The fourth-order valence-corrected chi connectivity index (χ4v) is 29.9. The number of allylic oxidation sites excluding steroid dienone is 4. The minimum Gasteiger partial charge on any atom is -1.00 e. The molecule has 238 valence electrons. The zero-order valence-corrected chi connectivity index (χ0v) is 34.1. The zero-order valence-electron chi connectivity index (χ0n) is 29.1. The molecule has 4 atom stereocenters. The quantitative estimate of drug-likeness (QED) is 0.217. The molecule has 0 nitrogen and oxygen atoms in total.